The SMILES string of the molecule is C=CCCNC(C)c1ccc(OC(F)(F)F)cc1. The first-order chi connectivity index (χ1) is 8.42. The molecular formula is C13H16F3NO. The minimum absolute atomic E-state index is 0.0740. The van der Waals surface area contributed by atoms with Crippen LogP contribution >= 0.6 is 0 Å². The van der Waals surface area contributed by atoms with E-state index in [0.717, 1.165) is 18.5 Å². The van der Waals surface area contributed by atoms with Crippen LogP contribution in [0.25, 0.3) is 0 Å². The Balaban J connectivity index is 2.56. The van der Waals surface area contributed by atoms with Crippen LogP contribution in [0.2, 0.25) is 0 Å². The molecule has 0 radical (unpaired) electrons. The first kappa shape index (κ1) is 14.6. The zero-order valence-corrected chi connectivity index (χ0v) is 10.1. The summed E-state index contributed by atoms with van der Waals surface area (Å²) in [6.07, 6.45) is -1.99. The van der Waals surface area contributed by atoms with Crippen molar-refractivity contribution in [3.8, 4) is 5.75 Å². The van der Waals surface area contributed by atoms with Crippen LogP contribution in [0.4, 0.5) is 13.2 Å². The highest BCUT2D eigenvalue weighted by atomic mass is 19.4. The fraction of sp³-hybridized carbons (Fsp3) is 0.385. The Morgan fingerprint density at radius 2 is 1.94 bits per heavy atom. The lowest BCUT2D eigenvalue weighted by Gasteiger charge is -2.14. The largest absolute Gasteiger partial charge is 0.573 e. The van der Waals surface area contributed by atoms with Crippen molar-refractivity contribution in [3.63, 3.8) is 0 Å². The van der Waals surface area contributed by atoms with Crippen molar-refractivity contribution in [3.05, 3.63) is 42.5 Å². The predicted octanol–water partition coefficient (Wildman–Crippen LogP) is 3.81. The van der Waals surface area contributed by atoms with Crippen molar-refractivity contribution in [2.24, 2.45) is 0 Å². The predicted molar refractivity (Wildman–Crippen MR) is 64.4 cm³/mol. The van der Waals surface area contributed by atoms with Gasteiger partial charge in [0.1, 0.15) is 5.75 Å². The molecule has 5 heteroatoms. The third-order valence-corrected chi connectivity index (χ3v) is 2.41. The van der Waals surface area contributed by atoms with Crippen molar-refractivity contribution in [1.82, 2.24) is 5.32 Å². The number of hydrogen-bond acceptors (Lipinski definition) is 2. The van der Waals surface area contributed by atoms with Gasteiger partial charge in [-0.1, -0.05) is 18.2 Å². The smallest absolute Gasteiger partial charge is 0.406 e. The Hall–Kier alpha value is -1.49. The highest BCUT2D eigenvalue weighted by molar-refractivity contribution is 5.29. The minimum Gasteiger partial charge on any atom is -0.406 e. The van der Waals surface area contributed by atoms with Crippen molar-refractivity contribution in [1.29, 1.82) is 0 Å². The highest BCUT2D eigenvalue weighted by Crippen LogP contribution is 2.24. The van der Waals surface area contributed by atoms with Crippen LogP contribution in [0, 0.1) is 0 Å². The summed E-state index contributed by atoms with van der Waals surface area (Å²) in [7, 11) is 0. The van der Waals surface area contributed by atoms with Crippen LogP contribution < -0.4 is 10.1 Å². The second kappa shape index (κ2) is 6.44. The van der Waals surface area contributed by atoms with Crippen LogP contribution in [0.15, 0.2) is 36.9 Å². The van der Waals surface area contributed by atoms with Gasteiger partial charge in [-0.15, -0.1) is 19.8 Å². The molecule has 0 heterocycles. The molecule has 0 aliphatic heterocycles. The average molecular weight is 259 g/mol. The van der Waals surface area contributed by atoms with Gasteiger partial charge in [0.25, 0.3) is 0 Å². The molecule has 1 N–H and O–H groups in total. The second-order valence-corrected chi connectivity index (χ2v) is 3.87. The van der Waals surface area contributed by atoms with Gasteiger partial charge in [-0.2, -0.15) is 0 Å². The van der Waals surface area contributed by atoms with E-state index in [1.54, 1.807) is 18.2 Å². The third kappa shape index (κ3) is 5.23. The van der Waals surface area contributed by atoms with Crippen molar-refractivity contribution >= 4 is 0 Å². The fourth-order valence-electron chi connectivity index (χ4n) is 1.48. The quantitative estimate of drug-likeness (QED) is 0.619. The van der Waals surface area contributed by atoms with Gasteiger partial charge in [-0.3, -0.25) is 0 Å². The molecule has 0 spiro atoms. The molecule has 0 aliphatic rings. The monoisotopic (exact) mass is 259 g/mol. The highest BCUT2D eigenvalue weighted by Gasteiger charge is 2.30. The number of alkyl halides is 3. The molecule has 1 aromatic carbocycles. The molecule has 0 aliphatic carbocycles. The molecule has 0 fully saturated rings. The number of rotatable bonds is 6. The Labute approximate surface area is 104 Å². The molecule has 0 saturated heterocycles. The Bertz CT molecular complexity index is 373. The van der Waals surface area contributed by atoms with Gasteiger partial charge in [0, 0.05) is 6.04 Å². The summed E-state index contributed by atoms with van der Waals surface area (Å²) in [4.78, 5) is 0. The number of nitrogens with one attached hydrogen (secondary N) is 1. The van der Waals surface area contributed by atoms with Gasteiger partial charge in [0.05, 0.1) is 0 Å². The van der Waals surface area contributed by atoms with E-state index in [2.05, 4.69) is 16.6 Å². The van der Waals surface area contributed by atoms with E-state index in [1.165, 1.54) is 12.1 Å². The number of hydrogen-bond donors (Lipinski definition) is 1. The van der Waals surface area contributed by atoms with Crippen molar-refractivity contribution in [2.45, 2.75) is 25.7 Å². The zero-order valence-electron chi connectivity index (χ0n) is 10.1. The molecule has 100 valence electrons. The van der Waals surface area contributed by atoms with E-state index in [-0.39, 0.29) is 11.8 Å². The van der Waals surface area contributed by atoms with Gasteiger partial charge in [0.2, 0.25) is 0 Å². The first-order valence-electron chi connectivity index (χ1n) is 5.62. The maximum absolute atomic E-state index is 12.0. The van der Waals surface area contributed by atoms with Crippen LogP contribution in [-0.2, 0) is 0 Å². The Morgan fingerprint density at radius 3 is 2.44 bits per heavy atom. The maximum atomic E-state index is 12.0. The summed E-state index contributed by atoms with van der Waals surface area (Å²) < 4.78 is 39.7. The summed E-state index contributed by atoms with van der Waals surface area (Å²) in [5.41, 5.74) is 0.911. The van der Waals surface area contributed by atoms with E-state index in [9.17, 15) is 13.2 Å². The molecule has 0 bridgehead atoms. The molecule has 0 aromatic heterocycles. The fourth-order valence-corrected chi connectivity index (χ4v) is 1.48. The van der Waals surface area contributed by atoms with Gasteiger partial charge >= 0.3 is 6.36 Å². The number of benzene rings is 1. The Morgan fingerprint density at radius 1 is 1.33 bits per heavy atom. The molecule has 2 nitrogen and oxygen atoms in total. The van der Waals surface area contributed by atoms with Crippen LogP contribution in [-0.4, -0.2) is 12.9 Å². The van der Waals surface area contributed by atoms with Crippen molar-refractivity contribution < 1.29 is 17.9 Å². The van der Waals surface area contributed by atoms with Crippen molar-refractivity contribution in [2.75, 3.05) is 6.54 Å². The summed E-state index contributed by atoms with van der Waals surface area (Å²) in [5, 5.41) is 3.23. The van der Waals surface area contributed by atoms with E-state index in [4.69, 9.17) is 0 Å². The number of ether oxygens (including phenoxy) is 1. The summed E-state index contributed by atoms with van der Waals surface area (Å²) in [6.45, 7) is 6.34. The first-order valence-corrected chi connectivity index (χ1v) is 5.62. The third-order valence-electron chi connectivity index (χ3n) is 2.41. The lowest BCUT2D eigenvalue weighted by Crippen LogP contribution is -2.19. The van der Waals surface area contributed by atoms with Crippen LogP contribution in [0.5, 0.6) is 5.75 Å². The summed E-state index contributed by atoms with van der Waals surface area (Å²) in [6, 6.07) is 5.94. The molecule has 1 rings (SSSR count). The van der Waals surface area contributed by atoms with E-state index < -0.39 is 6.36 Å². The molecule has 1 atom stereocenters. The molecule has 0 amide bonds. The lowest BCUT2D eigenvalue weighted by atomic mass is 10.1. The minimum atomic E-state index is -4.64. The van der Waals surface area contributed by atoms with E-state index in [1.807, 2.05) is 6.92 Å². The number of halogens is 3. The van der Waals surface area contributed by atoms with Gasteiger partial charge in [0.15, 0.2) is 0 Å². The molecule has 0 saturated carbocycles. The lowest BCUT2D eigenvalue weighted by molar-refractivity contribution is -0.274. The average Bonchev–Trinajstić information content (AvgIpc) is 2.28. The van der Waals surface area contributed by atoms with Gasteiger partial charge in [-0.05, 0) is 37.6 Å². The molecule has 1 aromatic rings. The van der Waals surface area contributed by atoms with Crippen LogP contribution in [0.3, 0.4) is 0 Å². The Kier molecular flexibility index (Phi) is 5.22. The maximum Gasteiger partial charge on any atom is 0.573 e. The standard InChI is InChI=1S/C13H16F3NO/c1-3-4-9-17-10(2)11-5-7-12(8-6-11)18-13(14,15)16/h3,5-8,10,17H,1,4,9H2,2H3. The van der Waals surface area contributed by atoms with Crippen LogP contribution in [0.1, 0.15) is 24.9 Å². The molecule has 18 heavy (non-hydrogen) atoms. The zero-order chi connectivity index (χ0) is 13.6. The summed E-state index contributed by atoms with van der Waals surface area (Å²) in [5.74, 6) is -0.204. The van der Waals surface area contributed by atoms with E-state index in [0.29, 0.717) is 0 Å². The van der Waals surface area contributed by atoms with E-state index >= 15 is 0 Å². The van der Waals surface area contributed by atoms with Gasteiger partial charge < -0.3 is 10.1 Å². The summed E-state index contributed by atoms with van der Waals surface area (Å²) >= 11 is 0. The molecule has 1 unspecified atom stereocenters. The topological polar surface area (TPSA) is 21.3 Å². The molecular weight excluding hydrogens is 243 g/mol. The van der Waals surface area contributed by atoms with Gasteiger partial charge in [-0.25, -0.2) is 0 Å². The normalized spacial score (nSPS) is 13.1. The second-order valence-electron chi connectivity index (χ2n) is 3.87.